The molecule has 1 saturated heterocycles. The van der Waals surface area contributed by atoms with Gasteiger partial charge in [0.15, 0.2) is 0 Å². The molecule has 2 aromatic rings. The van der Waals surface area contributed by atoms with E-state index in [0.717, 1.165) is 31.9 Å². The summed E-state index contributed by atoms with van der Waals surface area (Å²) >= 11 is 0. The first-order chi connectivity index (χ1) is 14.0. The maximum atomic E-state index is 12.9. The normalized spacial score (nSPS) is 15.3. The van der Waals surface area contributed by atoms with Crippen LogP contribution >= 0.6 is 0 Å². The molecule has 0 aliphatic carbocycles. The SMILES string of the molecule is COc1ccc(C)cc1NC(=O)C(C)N(C)Cc1ccccc1N1CCOCC1. The van der Waals surface area contributed by atoms with E-state index in [1.807, 2.05) is 39.1 Å². The Labute approximate surface area is 173 Å². The van der Waals surface area contributed by atoms with Crippen LogP contribution in [0.15, 0.2) is 42.5 Å². The summed E-state index contributed by atoms with van der Waals surface area (Å²) in [4.78, 5) is 17.3. The molecular formula is C23H31N3O3. The van der Waals surface area contributed by atoms with Crippen molar-refractivity contribution < 1.29 is 14.3 Å². The van der Waals surface area contributed by atoms with Gasteiger partial charge < -0.3 is 19.7 Å². The molecule has 3 rings (SSSR count). The number of amides is 1. The summed E-state index contributed by atoms with van der Waals surface area (Å²) in [6, 6.07) is 13.9. The highest BCUT2D eigenvalue weighted by atomic mass is 16.5. The Hall–Kier alpha value is -2.57. The van der Waals surface area contributed by atoms with Crippen molar-refractivity contribution in [3.05, 3.63) is 53.6 Å². The van der Waals surface area contributed by atoms with Crippen LogP contribution in [0.4, 0.5) is 11.4 Å². The molecule has 1 aliphatic heterocycles. The molecule has 1 unspecified atom stereocenters. The predicted octanol–water partition coefficient (Wildman–Crippen LogP) is 3.30. The molecule has 29 heavy (non-hydrogen) atoms. The predicted molar refractivity (Wildman–Crippen MR) is 117 cm³/mol. The van der Waals surface area contributed by atoms with Gasteiger partial charge in [0.1, 0.15) is 5.75 Å². The Balaban J connectivity index is 1.69. The zero-order valence-corrected chi connectivity index (χ0v) is 17.8. The van der Waals surface area contributed by atoms with Crippen molar-refractivity contribution >= 4 is 17.3 Å². The van der Waals surface area contributed by atoms with Gasteiger partial charge in [-0.05, 0) is 50.2 Å². The summed E-state index contributed by atoms with van der Waals surface area (Å²) in [7, 11) is 3.59. The van der Waals surface area contributed by atoms with Gasteiger partial charge in [-0.15, -0.1) is 0 Å². The lowest BCUT2D eigenvalue weighted by Crippen LogP contribution is -2.40. The number of hydrogen-bond acceptors (Lipinski definition) is 5. The standard InChI is InChI=1S/C23H31N3O3/c1-17-9-10-22(28-4)20(15-17)24-23(27)18(2)25(3)16-19-7-5-6-8-21(19)26-11-13-29-14-12-26/h5-10,15,18H,11-14,16H2,1-4H3,(H,24,27). The van der Waals surface area contributed by atoms with Crippen molar-refractivity contribution in [2.24, 2.45) is 0 Å². The monoisotopic (exact) mass is 397 g/mol. The van der Waals surface area contributed by atoms with E-state index < -0.39 is 0 Å². The second kappa shape index (κ2) is 9.76. The first-order valence-corrected chi connectivity index (χ1v) is 10.1. The Kier molecular flexibility index (Phi) is 7.12. The molecule has 156 valence electrons. The molecule has 6 nitrogen and oxygen atoms in total. The highest BCUT2D eigenvalue weighted by Crippen LogP contribution is 2.26. The third kappa shape index (κ3) is 5.28. The van der Waals surface area contributed by atoms with Crippen molar-refractivity contribution in [1.29, 1.82) is 0 Å². The number of nitrogens with one attached hydrogen (secondary N) is 1. The van der Waals surface area contributed by atoms with Gasteiger partial charge in [0, 0.05) is 25.3 Å². The maximum Gasteiger partial charge on any atom is 0.241 e. The van der Waals surface area contributed by atoms with Crippen LogP contribution in [0.1, 0.15) is 18.1 Å². The summed E-state index contributed by atoms with van der Waals surface area (Å²) in [6.07, 6.45) is 0. The molecule has 0 radical (unpaired) electrons. The summed E-state index contributed by atoms with van der Waals surface area (Å²) in [5.41, 5.74) is 4.20. The fourth-order valence-corrected chi connectivity index (χ4v) is 3.52. The number of carbonyl (C=O) groups excluding carboxylic acids is 1. The molecule has 1 amide bonds. The Morgan fingerprint density at radius 3 is 2.69 bits per heavy atom. The Morgan fingerprint density at radius 1 is 1.24 bits per heavy atom. The number of likely N-dealkylation sites (N-methyl/N-ethyl adjacent to an activating group) is 1. The summed E-state index contributed by atoms with van der Waals surface area (Å²) in [6.45, 7) is 7.89. The molecule has 2 aromatic carbocycles. The van der Waals surface area contributed by atoms with E-state index in [-0.39, 0.29) is 11.9 Å². The summed E-state index contributed by atoms with van der Waals surface area (Å²) < 4.78 is 10.9. The van der Waals surface area contributed by atoms with Crippen molar-refractivity contribution in [3.63, 3.8) is 0 Å². The molecule has 0 bridgehead atoms. The van der Waals surface area contributed by atoms with E-state index in [2.05, 4.69) is 39.4 Å². The van der Waals surface area contributed by atoms with E-state index in [9.17, 15) is 4.79 Å². The molecule has 6 heteroatoms. The Morgan fingerprint density at radius 2 is 1.97 bits per heavy atom. The number of morpholine rings is 1. The van der Waals surface area contributed by atoms with Crippen molar-refractivity contribution in [2.45, 2.75) is 26.4 Å². The molecule has 1 aliphatic rings. The number of aryl methyl sites for hydroxylation is 1. The van der Waals surface area contributed by atoms with Gasteiger partial charge in [-0.3, -0.25) is 9.69 Å². The first kappa shape index (κ1) is 21.1. The molecule has 1 N–H and O–H groups in total. The summed E-state index contributed by atoms with van der Waals surface area (Å²) in [5, 5.41) is 3.01. The van der Waals surface area contributed by atoms with Gasteiger partial charge >= 0.3 is 0 Å². The molecule has 0 aromatic heterocycles. The number of carbonyl (C=O) groups is 1. The minimum Gasteiger partial charge on any atom is -0.495 e. The van der Waals surface area contributed by atoms with Crippen LogP contribution in [0.25, 0.3) is 0 Å². The third-order valence-electron chi connectivity index (χ3n) is 5.42. The average molecular weight is 398 g/mol. The van der Waals surface area contributed by atoms with Crippen LogP contribution < -0.4 is 15.0 Å². The quantitative estimate of drug-likeness (QED) is 0.777. The van der Waals surface area contributed by atoms with Crippen molar-refractivity contribution in [3.8, 4) is 5.75 Å². The lowest BCUT2D eigenvalue weighted by Gasteiger charge is -2.32. The molecule has 1 fully saturated rings. The number of para-hydroxylation sites is 1. The number of anilines is 2. The fraction of sp³-hybridized carbons (Fsp3) is 0.435. The molecule has 0 saturated carbocycles. The second-order valence-electron chi connectivity index (χ2n) is 7.51. The van der Waals surface area contributed by atoms with Gasteiger partial charge in [-0.1, -0.05) is 24.3 Å². The van der Waals surface area contributed by atoms with Gasteiger partial charge in [0.2, 0.25) is 5.91 Å². The maximum absolute atomic E-state index is 12.9. The smallest absolute Gasteiger partial charge is 0.241 e. The third-order valence-corrected chi connectivity index (χ3v) is 5.42. The molecule has 1 heterocycles. The van der Waals surface area contributed by atoms with Gasteiger partial charge in [-0.2, -0.15) is 0 Å². The van der Waals surface area contributed by atoms with Crippen LogP contribution in [0.2, 0.25) is 0 Å². The highest BCUT2D eigenvalue weighted by Gasteiger charge is 2.22. The van der Waals surface area contributed by atoms with Crippen molar-refractivity contribution in [2.75, 3.05) is 50.7 Å². The van der Waals surface area contributed by atoms with Crippen molar-refractivity contribution in [1.82, 2.24) is 4.90 Å². The lowest BCUT2D eigenvalue weighted by atomic mass is 10.1. The zero-order valence-electron chi connectivity index (χ0n) is 17.8. The average Bonchev–Trinajstić information content (AvgIpc) is 2.74. The number of methoxy groups -OCH3 is 1. The minimum absolute atomic E-state index is 0.0553. The lowest BCUT2D eigenvalue weighted by molar-refractivity contribution is -0.120. The zero-order chi connectivity index (χ0) is 20.8. The minimum atomic E-state index is -0.294. The molecular weight excluding hydrogens is 366 g/mol. The highest BCUT2D eigenvalue weighted by molar-refractivity contribution is 5.95. The number of rotatable bonds is 7. The van der Waals surface area contributed by atoms with Gasteiger partial charge in [0.25, 0.3) is 0 Å². The number of nitrogens with zero attached hydrogens (tertiary/aromatic N) is 2. The Bertz CT molecular complexity index is 834. The van der Waals surface area contributed by atoms with Crippen LogP contribution in [0.3, 0.4) is 0 Å². The van der Waals surface area contributed by atoms with E-state index in [4.69, 9.17) is 9.47 Å². The number of ether oxygens (including phenoxy) is 2. The number of hydrogen-bond donors (Lipinski definition) is 1. The molecule has 0 spiro atoms. The van der Waals surface area contributed by atoms with E-state index >= 15 is 0 Å². The molecule has 1 atom stereocenters. The topological polar surface area (TPSA) is 54.0 Å². The largest absolute Gasteiger partial charge is 0.495 e. The van der Waals surface area contributed by atoms with Crippen LogP contribution in [0.5, 0.6) is 5.75 Å². The van der Waals surface area contributed by atoms with Gasteiger partial charge in [0.05, 0.1) is 32.1 Å². The van der Waals surface area contributed by atoms with Gasteiger partial charge in [-0.25, -0.2) is 0 Å². The van der Waals surface area contributed by atoms with Crippen LogP contribution in [0, 0.1) is 6.92 Å². The second-order valence-corrected chi connectivity index (χ2v) is 7.51. The fourth-order valence-electron chi connectivity index (χ4n) is 3.52. The van der Waals surface area contributed by atoms with E-state index in [1.54, 1.807) is 7.11 Å². The van der Waals surface area contributed by atoms with E-state index in [1.165, 1.54) is 11.3 Å². The van der Waals surface area contributed by atoms with Crippen LogP contribution in [-0.4, -0.2) is 57.3 Å². The van der Waals surface area contributed by atoms with Crippen LogP contribution in [-0.2, 0) is 16.1 Å². The first-order valence-electron chi connectivity index (χ1n) is 10.1. The van der Waals surface area contributed by atoms with E-state index in [0.29, 0.717) is 18.0 Å². The summed E-state index contributed by atoms with van der Waals surface area (Å²) in [5.74, 6) is 0.608. The number of benzene rings is 2.